The van der Waals surface area contributed by atoms with Gasteiger partial charge in [0, 0.05) is 28.8 Å². The Balaban J connectivity index is 1.56. The molecule has 7 heteroatoms. The van der Waals surface area contributed by atoms with E-state index >= 15 is 0 Å². The normalized spacial score (nSPS) is 13.7. The van der Waals surface area contributed by atoms with Crippen LogP contribution in [0.2, 0.25) is 5.02 Å². The first kappa shape index (κ1) is 16.1. The van der Waals surface area contributed by atoms with Crippen molar-refractivity contribution in [2.24, 2.45) is 0 Å². The number of fused-ring (bicyclic) bond motifs is 1. The molecule has 1 aliphatic rings. The van der Waals surface area contributed by atoms with E-state index in [2.05, 4.69) is 20.4 Å². The lowest BCUT2D eigenvalue weighted by Crippen LogP contribution is -2.09. The molecule has 0 bridgehead atoms. The zero-order chi connectivity index (χ0) is 18.2. The van der Waals surface area contributed by atoms with Crippen LogP contribution < -0.4 is 10.1 Å². The van der Waals surface area contributed by atoms with Crippen molar-refractivity contribution < 1.29 is 4.74 Å². The molecule has 1 fully saturated rings. The van der Waals surface area contributed by atoms with Gasteiger partial charge in [0.1, 0.15) is 17.3 Å². The summed E-state index contributed by atoms with van der Waals surface area (Å²) in [5, 5.41) is 9.33. The highest BCUT2D eigenvalue weighted by molar-refractivity contribution is 6.30. The molecule has 0 aliphatic heterocycles. The molecule has 0 radical (unpaired) electrons. The lowest BCUT2D eigenvalue weighted by atomic mass is 10.2. The minimum Gasteiger partial charge on any atom is -0.457 e. The number of rotatable bonds is 5. The molecule has 0 saturated heterocycles. The van der Waals surface area contributed by atoms with E-state index in [9.17, 15) is 0 Å². The van der Waals surface area contributed by atoms with Gasteiger partial charge in [-0.3, -0.25) is 0 Å². The average molecular weight is 378 g/mol. The minimum atomic E-state index is 0.467. The number of hydrogen-bond acceptors (Lipinski definition) is 5. The van der Waals surface area contributed by atoms with Crippen LogP contribution in [0.5, 0.6) is 11.5 Å². The van der Waals surface area contributed by atoms with Crippen molar-refractivity contribution in [3.8, 4) is 17.4 Å². The topological polar surface area (TPSA) is 64.9 Å². The number of nitrogens with one attached hydrogen (secondary N) is 1. The molecule has 2 aromatic heterocycles. The van der Waals surface area contributed by atoms with E-state index in [1.54, 1.807) is 23.0 Å². The Kier molecular flexibility index (Phi) is 3.90. The summed E-state index contributed by atoms with van der Waals surface area (Å²) in [5.41, 5.74) is 0.835. The van der Waals surface area contributed by atoms with Crippen LogP contribution in [0.15, 0.2) is 60.9 Å². The second-order valence-electron chi connectivity index (χ2n) is 6.48. The lowest BCUT2D eigenvalue weighted by Gasteiger charge is -2.12. The molecule has 27 heavy (non-hydrogen) atoms. The predicted molar refractivity (Wildman–Crippen MR) is 105 cm³/mol. The number of aromatic nitrogens is 4. The Hall–Kier alpha value is -3.12. The second kappa shape index (κ2) is 6.55. The van der Waals surface area contributed by atoms with Gasteiger partial charge in [-0.25, -0.2) is 9.67 Å². The highest BCUT2D eigenvalue weighted by atomic mass is 35.5. The maximum Gasteiger partial charge on any atom is 0.253 e. The van der Waals surface area contributed by atoms with Gasteiger partial charge in [0.15, 0.2) is 0 Å². The van der Waals surface area contributed by atoms with Crippen LogP contribution in [0, 0.1) is 0 Å². The van der Waals surface area contributed by atoms with Gasteiger partial charge in [0.25, 0.3) is 5.95 Å². The SMILES string of the molecule is Clc1ccc(Oc2ccc3nc(-n4cccn4)nc(NC4CC4)c3c2)cc1. The first-order chi connectivity index (χ1) is 13.2. The zero-order valence-corrected chi connectivity index (χ0v) is 15.1. The first-order valence-electron chi connectivity index (χ1n) is 8.76. The Morgan fingerprint density at radius 2 is 1.85 bits per heavy atom. The van der Waals surface area contributed by atoms with Crippen LogP contribution in [-0.4, -0.2) is 25.8 Å². The average Bonchev–Trinajstić information content (AvgIpc) is 3.32. The molecule has 0 atom stereocenters. The highest BCUT2D eigenvalue weighted by Gasteiger charge is 2.23. The Morgan fingerprint density at radius 3 is 2.59 bits per heavy atom. The molecule has 2 aromatic carbocycles. The van der Waals surface area contributed by atoms with Crippen molar-refractivity contribution in [1.29, 1.82) is 0 Å². The van der Waals surface area contributed by atoms with E-state index in [1.165, 1.54) is 0 Å². The van der Waals surface area contributed by atoms with Crippen LogP contribution in [-0.2, 0) is 0 Å². The number of hydrogen-bond donors (Lipinski definition) is 1. The fraction of sp³-hybridized carbons (Fsp3) is 0.150. The fourth-order valence-corrected chi connectivity index (χ4v) is 2.94. The van der Waals surface area contributed by atoms with Crippen LogP contribution >= 0.6 is 11.6 Å². The Bertz CT molecular complexity index is 1090. The van der Waals surface area contributed by atoms with Crippen molar-refractivity contribution >= 4 is 28.3 Å². The summed E-state index contributed by atoms with van der Waals surface area (Å²) in [6.45, 7) is 0. The first-order valence-corrected chi connectivity index (χ1v) is 9.14. The highest BCUT2D eigenvalue weighted by Crippen LogP contribution is 2.32. The molecule has 134 valence electrons. The molecule has 1 aliphatic carbocycles. The molecule has 0 spiro atoms. The van der Waals surface area contributed by atoms with E-state index < -0.39 is 0 Å². The minimum absolute atomic E-state index is 0.467. The number of benzene rings is 2. The summed E-state index contributed by atoms with van der Waals surface area (Å²) in [6, 6.07) is 15.4. The molecule has 0 unspecified atom stereocenters. The van der Waals surface area contributed by atoms with E-state index in [-0.39, 0.29) is 0 Å². The summed E-state index contributed by atoms with van der Waals surface area (Å²) in [4.78, 5) is 9.33. The molecule has 1 saturated carbocycles. The van der Waals surface area contributed by atoms with Crippen LogP contribution in [0.4, 0.5) is 5.82 Å². The molecule has 1 N–H and O–H groups in total. The summed E-state index contributed by atoms with van der Waals surface area (Å²) >= 11 is 5.94. The number of nitrogens with zero attached hydrogens (tertiary/aromatic N) is 4. The predicted octanol–water partition coefficient (Wildman–Crippen LogP) is 4.84. The maximum absolute atomic E-state index is 5.96. The molecule has 0 amide bonds. The van der Waals surface area contributed by atoms with Gasteiger partial charge in [-0.15, -0.1) is 0 Å². The summed E-state index contributed by atoms with van der Waals surface area (Å²) < 4.78 is 7.62. The smallest absolute Gasteiger partial charge is 0.253 e. The summed E-state index contributed by atoms with van der Waals surface area (Å²) in [6.07, 6.45) is 5.86. The monoisotopic (exact) mass is 377 g/mol. The van der Waals surface area contributed by atoms with Gasteiger partial charge in [-0.05, 0) is 61.4 Å². The van der Waals surface area contributed by atoms with Crippen LogP contribution in [0.3, 0.4) is 0 Å². The van der Waals surface area contributed by atoms with Crippen LogP contribution in [0.1, 0.15) is 12.8 Å². The Labute approximate surface area is 160 Å². The molecular weight excluding hydrogens is 362 g/mol. The lowest BCUT2D eigenvalue weighted by molar-refractivity contribution is 0.483. The molecule has 6 nitrogen and oxygen atoms in total. The third-order valence-electron chi connectivity index (χ3n) is 4.33. The van der Waals surface area contributed by atoms with Gasteiger partial charge in [-0.1, -0.05) is 11.6 Å². The van der Waals surface area contributed by atoms with E-state index in [1.807, 2.05) is 42.6 Å². The maximum atomic E-state index is 5.96. The molecule has 4 aromatic rings. The Morgan fingerprint density at radius 1 is 1.04 bits per heavy atom. The third-order valence-corrected chi connectivity index (χ3v) is 4.58. The van der Waals surface area contributed by atoms with Gasteiger partial charge in [0.05, 0.1) is 5.52 Å². The standard InChI is InChI=1S/C20H16ClN5O/c21-13-2-6-15(7-3-13)27-16-8-9-18-17(12-16)19(23-14-4-5-14)25-20(24-18)26-11-1-10-22-26/h1-3,6-12,14H,4-5H2,(H,23,24,25). The van der Waals surface area contributed by atoms with Crippen molar-refractivity contribution in [1.82, 2.24) is 19.7 Å². The van der Waals surface area contributed by atoms with Crippen molar-refractivity contribution in [2.75, 3.05) is 5.32 Å². The number of halogens is 1. The van der Waals surface area contributed by atoms with Crippen molar-refractivity contribution in [3.63, 3.8) is 0 Å². The van der Waals surface area contributed by atoms with E-state index in [4.69, 9.17) is 16.3 Å². The van der Waals surface area contributed by atoms with E-state index in [0.717, 1.165) is 41.1 Å². The summed E-state index contributed by atoms with van der Waals surface area (Å²) in [7, 11) is 0. The largest absolute Gasteiger partial charge is 0.457 e. The van der Waals surface area contributed by atoms with Gasteiger partial charge < -0.3 is 10.1 Å². The summed E-state index contributed by atoms with van der Waals surface area (Å²) in [5.74, 6) is 2.79. The van der Waals surface area contributed by atoms with Crippen molar-refractivity contribution in [3.05, 3.63) is 65.9 Å². The quantitative estimate of drug-likeness (QED) is 0.539. The van der Waals surface area contributed by atoms with Crippen LogP contribution in [0.25, 0.3) is 16.9 Å². The van der Waals surface area contributed by atoms with Gasteiger partial charge in [-0.2, -0.15) is 10.1 Å². The third kappa shape index (κ3) is 3.44. The second-order valence-corrected chi connectivity index (χ2v) is 6.91. The molecule has 5 rings (SSSR count). The van der Waals surface area contributed by atoms with Gasteiger partial charge in [0.2, 0.25) is 0 Å². The van der Waals surface area contributed by atoms with E-state index in [0.29, 0.717) is 17.0 Å². The molecular formula is C20H16ClN5O. The molecule has 2 heterocycles. The van der Waals surface area contributed by atoms with Gasteiger partial charge >= 0.3 is 0 Å². The number of ether oxygens (including phenoxy) is 1. The number of anilines is 1. The fourth-order valence-electron chi connectivity index (χ4n) is 2.82. The zero-order valence-electron chi connectivity index (χ0n) is 14.3. The van der Waals surface area contributed by atoms with Crippen molar-refractivity contribution in [2.45, 2.75) is 18.9 Å².